The summed E-state index contributed by atoms with van der Waals surface area (Å²) in [6, 6.07) is 7.69. The first-order chi connectivity index (χ1) is 10.0. The summed E-state index contributed by atoms with van der Waals surface area (Å²) in [5, 5.41) is 21.3. The lowest BCUT2D eigenvalue weighted by Crippen LogP contribution is -2.34. The molecule has 0 radical (unpaired) electrons. The van der Waals surface area contributed by atoms with Crippen molar-refractivity contribution in [3.8, 4) is 5.75 Å². The Kier molecular flexibility index (Phi) is 4.39. The van der Waals surface area contributed by atoms with Crippen LogP contribution in [-0.2, 0) is 4.79 Å². The molecule has 108 valence electrons. The summed E-state index contributed by atoms with van der Waals surface area (Å²) in [6.07, 6.45) is 1.32. The molecule has 0 saturated carbocycles. The number of rotatable bonds is 4. The van der Waals surface area contributed by atoms with E-state index in [1.165, 1.54) is 30.5 Å². The van der Waals surface area contributed by atoms with Crippen molar-refractivity contribution in [1.82, 2.24) is 10.3 Å². The van der Waals surface area contributed by atoms with Crippen LogP contribution in [0.25, 0.3) is 0 Å². The highest BCUT2D eigenvalue weighted by molar-refractivity contribution is 6.31. The number of carbonyl (C=O) groups is 2. The molecule has 1 heterocycles. The molecule has 7 heteroatoms. The Morgan fingerprint density at radius 3 is 2.52 bits per heavy atom. The van der Waals surface area contributed by atoms with E-state index in [1.54, 1.807) is 12.1 Å². The first-order valence-corrected chi connectivity index (χ1v) is 6.30. The molecule has 0 bridgehead atoms. The fourth-order valence-electron chi connectivity index (χ4n) is 1.75. The van der Waals surface area contributed by atoms with Gasteiger partial charge in [-0.2, -0.15) is 0 Å². The predicted molar refractivity (Wildman–Crippen MR) is 75.2 cm³/mol. The van der Waals surface area contributed by atoms with Gasteiger partial charge in [0.2, 0.25) is 0 Å². The van der Waals surface area contributed by atoms with Crippen LogP contribution in [0.2, 0.25) is 5.02 Å². The number of nitrogens with one attached hydrogen (secondary N) is 1. The third-order valence-electron chi connectivity index (χ3n) is 2.74. The van der Waals surface area contributed by atoms with Crippen LogP contribution in [0.4, 0.5) is 0 Å². The van der Waals surface area contributed by atoms with Gasteiger partial charge < -0.3 is 15.5 Å². The number of carbonyl (C=O) groups excluding carboxylic acids is 1. The number of amides is 1. The van der Waals surface area contributed by atoms with Crippen molar-refractivity contribution >= 4 is 23.5 Å². The van der Waals surface area contributed by atoms with Gasteiger partial charge in [0.15, 0.2) is 11.7 Å². The summed E-state index contributed by atoms with van der Waals surface area (Å²) in [5.41, 5.74) is -0.00811. The second-order valence-electron chi connectivity index (χ2n) is 4.14. The molecule has 6 nitrogen and oxygen atoms in total. The Labute approximate surface area is 125 Å². The molecule has 0 saturated heterocycles. The third kappa shape index (κ3) is 3.29. The quantitative estimate of drug-likeness (QED) is 0.802. The van der Waals surface area contributed by atoms with E-state index in [0.29, 0.717) is 0 Å². The summed E-state index contributed by atoms with van der Waals surface area (Å²) in [6.45, 7) is 0. The van der Waals surface area contributed by atoms with E-state index in [1.807, 2.05) is 0 Å². The van der Waals surface area contributed by atoms with Crippen LogP contribution >= 0.6 is 11.6 Å². The molecule has 0 aliphatic rings. The fourth-order valence-corrected chi connectivity index (χ4v) is 2.00. The topological polar surface area (TPSA) is 99.5 Å². The molecule has 0 unspecified atom stereocenters. The molecule has 0 aliphatic carbocycles. The minimum atomic E-state index is -1.34. The van der Waals surface area contributed by atoms with E-state index in [0.717, 1.165) is 0 Å². The number of halogens is 1. The van der Waals surface area contributed by atoms with E-state index in [-0.39, 0.29) is 22.0 Å². The maximum absolute atomic E-state index is 12.0. The number of aromatic nitrogens is 1. The third-order valence-corrected chi connectivity index (χ3v) is 3.08. The number of aromatic hydroxyl groups is 1. The molecule has 0 spiro atoms. The lowest BCUT2D eigenvalue weighted by molar-refractivity contribution is -0.139. The Morgan fingerprint density at radius 2 is 1.90 bits per heavy atom. The lowest BCUT2D eigenvalue weighted by atomic mass is 10.1. The molecule has 1 amide bonds. The highest BCUT2D eigenvalue weighted by Gasteiger charge is 2.26. The predicted octanol–water partition coefficient (Wildman–Crippen LogP) is 2.00. The molecule has 2 rings (SSSR count). The van der Waals surface area contributed by atoms with Gasteiger partial charge in [-0.15, -0.1) is 0 Å². The number of aliphatic carboxylic acids is 1. The van der Waals surface area contributed by atoms with Crippen LogP contribution in [0.15, 0.2) is 42.6 Å². The van der Waals surface area contributed by atoms with Gasteiger partial charge in [-0.05, 0) is 18.2 Å². The number of hydrogen-bond donors (Lipinski definition) is 3. The van der Waals surface area contributed by atoms with Gasteiger partial charge in [0.1, 0.15) is 5.75 Å². The second kappa shape index (κ2) is 6.23. The first-order valence-electron chi connectivity index (χ1n) is 5.92. The van der Waals surface area contributed by atoms with E-state index >= 15 is 0 Å². The number of carboxylic acid groups (broad SMARTS) is 1. The number of benzene rings is 1. The normalized spacial score (nSPS) is 11.7. The monoisotopic (exact) mass is 306 g/mol. The fraction of sp³-hybridized carbons (Fsp3) is 0.0714. The maximum atomic E-state index is 12.0. The summed E-state index contributed by atoms with van der Waals surface area (Å²) >= 11 is 5.94. The number of carboxylic acids is 1. The van der Waals surface area contributed by atoms with Crippen LogP contribution in [0.1, 0.15) is 22.1 Å². The molecule has 21 heavy (non-hydrogen) atoms. The van der Waals surface area contributed by atoms with Gasteiger partial charge in [-0.25, -0.2) is 9.78 Å². The van der Waals surface area contributed by atoms with E-state index in [2.05, 4.69) is 10.3 Å². The van der Waals surface area contributed by atoms with Crippen molar-refractivity contribution in [3.63, 3.8) is 0 Å². The summed E-state index contributed by atoms with van der Waals surface area (Å²) in [7, 11) is 0. The largest absolute Gasteiger partial charge is 0.505 e. The van der Waals surface area contributed by atoms with Gasteiger partial charge in [-0.1, -0.05) is 29.8 Å². The molecule has 0 aliphatic heterocycles. The van der Waals surface area contributed by atoms with Gasteiger partial charge in [-0.3, -0.25) is 4.79 Å². The van der Waals surface area contributed by atoms with Gasteiger partial charge in [0, 0.05) is 16.8 Å². The van der Waals surface area contributed by atoms with Crippen LogP contribution in [-0.4, -0.2) is 27.1 Å². The maximum Gasteiger partial charge on any atom is 0.330 e. The van der Waals surface area contributed by atoms with Crippen LogP contribution in [0.5, 0.6) is 5.75 Å². The van der Waals surface area contributed by atoms with E-state index < -0.39 is 17.9 Å². The standard InChI is InChI=1S/C14H11ClN2O4/c15-9-5-2-1-4-8(9)11(14(20)21)17-13(19)12-10(18)6-3-7-16-12/h1-7,11,18H,(H,17,19)(H,20,21)/t11-/m1/s1. The summed E-state index contributed by atoms with van der Waals surface area (Å²) < 4.78 is 0. The molecule has 3 N–H and O–H groups in total. The zero-order chi connectivity index (χ0) is 15.4. The Bertz CT molecular complexity index is 690. The number of pyridine rings is 1. The number of hydrogen-bond acceptors (Lipinski definition) is 4. The molecular formula is C14H11ClN2O4. The SMILES string of the molecule is O=C(N[C@@H](C(=O)O)c1ccccc1Cl)c1ncccc1O. The highest BCUT2D eigenvalue weighted by atomic mass is 35.5. The average molecular weight is 307 g/mol. The smallest absolute Gasteiger partial charge is 0.330 e. The minimum absolute atomic E-state index is 0.218. The van der Waals surface area contributed by atoms with Crippen molar-refractivity contribution in [2.45, 2.75) is 6.04 Å². The number of nitrogens with zero attached hydrogens (tertiary/aromatic N) is 1. The van der Waals surface area contributed by atoms with Crippen LogP contribution in [0.3, 0.4) is 0 Å². The van der Waals surface area contributed by atoms with Crippen molar-refractivity contribution in [3.05, 3.63) is 58.9 Å². The minimum Gasteiger partial charge on any atom is -0.505 e. The van der Waals surface area contributed by atoms with Crippen molar-refractivity contribution in [2.75, 3.05) is 0 Å². The molecule has 1 atom stereocenters. The first kappa shape index (κ1) is 14.8. The second-order valence-corrected chi connectivity index (χ2v) is 4.54. The Balaban J connectivity index is 2.30. The zero-order valence-electron chi connectivity index (χ0n) is 10.7. The lowest BCUT2D eigenvalue weighted by Gasteiger charge is -2.16. The molecular weight excluding hydrogens is 296 g/mol. The van der Waals surface area contributed by atoms with Gasteiger partial charge >= 0.3 is 5.97 Å². The highest BCUT2D eigenvalue weighted by Crippen LogP contribution is 2.23. The average Bonchev–Trinajstić information content (AvgIpc) is 2.45. The molecule has 1 aromatic heterocycles. The summed E-state index contributed by atoms with van der Waals surface area (Å²) in [4.78, 5) is 27.1. The van der Waals surface area contributed by atoms with E-state index in [9.17, 15) is 19.8 Å². The van der Waals surface area contributed by atoms with Crippen LogP contribution < -0.4 is 5.32 Å². The Morgan fingerprint density at radius 1 is 1.19 bits per heavy atom. The van der Waals surface area contributed by atoms with Crippen molar-refractivity contribution in [2.24, 2.45) is 0 Å². The van der Waals surface area contributed by atoms with Crippen LogP contribution in [0, 0.1) is 0 Å². The summed E-state index contributed by atoms with van der Waals surface area (Å²) in [5.74, 6) is -2.41. The van der Waals surface area contributed by atoms with Crippen molar-refractivity contribution < 1.29 is 19.8 Å². The van der Waals surface area contributed by atoms with Crippen molar-refractivity contribution in [1.29, 1.82) is 0 Å². The van der Waals surface area contributed by atoms with Gasteiger partial charge in [0.05, 0.1) is 0 Å². The zero-order valence-corrected chi connectivity index (χ0v) is 11.4. The molecule has 2 aromatic rings. The molecule has 1 aromatic carbocycles. The van der Waals surface area contributed by atoms with Gasteiger partial charge in [0.25, 0.3) is 5.91 Å². The molecule has 0 fully saturated rings. The van der Waals surface area contributed by atoms with E-state index in [4.69, 9.17) is 11.6 Å². The Hall–Kier alpha value is -2.60.